The molecular formula is C20H21N5O. The first kappa shape index (κ1) is 16.3. The van der Waals surface area contributed by atoms with Crippen molar-refractivity contribution < 1.29 is 4.79 Å². The van der Waals surface area contributed by atoms with Crippen molar-refractivity contribution in [3.63, 3.8) is 0 Å². The molecule has 3 aromatic rings. The molecule has 132 valence electrons. The molecule has 6 nitrogen and oxygen atoms in total. The van der Waals surface area contributed by atoms with Gasteiger partial charge in [0.2, 0.25) is 0 Å². The van der Waals surface area contributed by atoms with E-state index in [1.54, 1.807) is 18.6 Å². The third-order valence-electron chi connectivity index (χ3n) is 4.85. The Morgan fingerprint density at radius 3 is 2.88 bits per heavy atom. The van der Waals surface area contributed by atoms with Gasteiger partial charge in [0, 0.05) is 31.3 Å². The minimum Gasteiger partial charge on any atom is -0.334 e. The van der Waals surface area contributed by atoms with Crippen molar-refractivity contribution in [1.82, 2.24) is 25.2 Å². The van der Waals surface area contributed by atoms with Gasteiger partial charge in [-0.3, -0.25) is 4.98 Å². The summed E-state index contributed by atoms with van der Waals surface area (Å²) in [5, 5.41) is 6.09. The average molecular weight is 347 g/mol. The summed E-state index contributed by atoms with van der Waals surface area (Å²) in [7, 11) is 0. The number of hydrogen-bond acceptors (Lipinski definition) is 3. The number of fused-ring (bicyclic) bond motifs is 1. The molecule has 0 radical (unpaired) electrons. The highest BCUT2D eigenvalue weighted by Gasteiger charge is 2.31. The molecule has 2 N–H and O–H groups in total. The Bertz CT molecular complexity index is 863. The topological polar surface area (TPSA) is 71.8 Å². The van der Waals surface area contributed by atoms with Crippen LogP contribution in [-0.4, -0.2) is 20.6 Å². The van der Waals surface area contributed by atoms with E-state index in [1.165, 1.54) is 11.1 Å². The fourth-order valence-electron chi connectivity index (χ4n) is 3.58. The Balaban J connectivity index is 1.52. The number of imidazole rings is 1. The summed E-state index contributed by atoms with van der Waals surface area (Å²) >= 11 is 0. The van der Waals surface area contributed by atoms with E-state index in [0.717, 1.165) is 18.4 Å². The monoisotopic (exact) mass is 347 g/mol. The Hall–Kier alpha value is -3.15. The molecule has 0 spiro atoms. The van der Waals surface area contributed by atoms with Gasteiger partial charge in [0.1, 0.15) is 0 Å². The molecule has 26 heavy (non-hydrogen) atoms. The van der Waals surface area contributed by atoms with Crippen LogP contribution in [0.25, 0.3) is 0 Å². The zero-order valence-corrected chi connectivity index (χ0v) is 14.4. The molecule has 4 rings (SSSR count). The third kappa shape index (κ3) is 3.44. The van der Waals surface area contributed by atoms with Crippen molar-refractivity contribution in [3.05, 3.63) is 84.2 Å². The van der Waals surface area contributed by atoms with Crippen LogP contribution in [0.5, 0.6) is 0 Å². The van der Waals surface area contributed by atoms with Gasteiger partial charge in [-0.05, 0) is 35.6 Å². The molecule has 2 amide bonds. The highest BCUT2D eigenvalue weighted by atomic mass is 16.2. The van der Waals surface area contributed by atoms with E-state index in [2.05, 4.69) is 43.4 Å². The van der Waals surface area contributed by atoms with Crippen molar-refractivity contribution in [2.75, 3.05) is 0 Å². The zero-order chi connectivity index (χ0) is 17.8. The van der Waals surface area contributed by atoms with Crippen LogP contribution in [0.1, 0.15) is 35.2 Å². The number of nitrogens with one attached hydrogen (secondary N) is 2. The maximum atomic E-state index is 12.5. The van der Waals surface area contributed by atoms with Crippen LogP contribution in [-0.2, 0) is 13.0 Å². The largest absolute Gasteiger partial charge is 0.334 e. The molecule has 1 aliphatic carbocycles. The van der Waals surface area contributed by atoms with Gasteiger partial charge in [-0.2, -0.15) is 0 Å². The quantitative estimate of drug-likeness (QED) is 0.762. The van der Waals surface area contributed by atoms with Gasteiger partial charge in [-0.15, -0.1) is 0 Å². The van der Waals surface area contributed by atoms with E-state index >= 15 is 0 Å². The van der Waals surface area contributed by atoms with Crippen molar-refractivity contribution in [2.45, 2.75) is 31.5 Å². The number of hydrogen-bond donors (Lipinski definition) is 2. The maximum absolute atomic E-state index is 12.5. The van der Waals surface area contributed by atoms with Crippen LogP contribution in [0, 0.1) is 0 Å². The van der Waals surface area contributed by atoms with Crippen molar-refractivity contribution in [2.24, 2.45) is 0 Å². The van der Waals surface area contributed by atoms with Gasteiger partial charge in [0.15, 0.2) is 0 Å². The smallest absolute Gasteiger partial charge is 0.315 e. The van der Waals surface area contributed by atoms with Gasteiger partial charge < -0.3 is 15.2 Å². The number of nitrogens with zero attached hydrogens (tertiary/aromatic N) is 3. The van der Waals surface area contributed by atoms with Crippen LogP contribution in [0.4, 0.5) is 4.79 Å². The molecular weight excluding hydrogens is 326 g/mol. The first-order valence-corrected chi connectivity index (χ1v) is 8.80. The summed E-state index contributed by atoms with van der Waals surface area (Å²) in [5.74, 6) is 0. The second kappa shape index (κ2) is 7.39. The SMILES string of the molecule is O=C(NCc1cccnc1)N[C@H]1c2ccccc2CC[C@H]1n1ccnc1. The molecule has 2 heterocycles. The van der Waals surface area contributed by atoms with Crippen molar-refractivity contribution in [1.29, 1.82) is 0 Å². The second-order valence-corrected chi connectivity index (χ2v) is 6.48. The van der Waals surface area contributed by atoms with Gasteiger partial charge >= 0.3 is 6.03 Å². The fourth-order valence-corrected chi connectivity index (χ4v) is 3.58. The van der Waals surface area contributed by atoms with E-state index in [4.69, 9.17) is 0 Å². The van der Waals surface area contributed by atoms with Crippen LogP contribution in [0.15, 0.2) is 67.5 Å². The van der Waals surface area contributed by atoms with E-state index < -0.39 is 0 Å². The summed E-state index contributed by atoms with van der Waals surface area (Å²) in [4.78, 5) is 20.8. The van der Waals surface area contributed by atoms with Crippen LogP contribution in [0.3, 0.4) is 0 Å². The summed E-state index contributed by atoms with van der Waals surface area (Å²) in [5.41, 5.74) is 3.44. The molecule has 1 aliphatic rings. The average Bonchev–Trinajstić information content (AvgIpc) is 3.22. The maximum Gasteiger partial charge on any atom is 0.315 e. The number of urea groups is 1. The zero-order valence-electron chi connectivity index (χ0n) is 14.4. The number of aryl methyl sites for hydroxylation is 1. The molecule has 2 aromatic heterocycles. The summed E-state index contributed by atoms with van der Waals surface area (Å²) in [6.07, 6.45) is 11.0. The fraction of sp³-hybridized carbons (Fsp3) is 0.250. The van der Waals surface area contributed by atoms with Crippen LogP contribution >= 0.6 is 0 Å². The third-order valence-corrected chi connectivity index (χ3v) is 4.85. The van der Waals surface area contributed by atoms with Crippen molar-refractivity contribution >= 4 is 6.03 Å². The molecule has 6 heteroatoms. The first-order valence-electron chi connectivity index (χ1n) is 8.80. The summed E-state index contributed by atoms with van der Waals surface area (Å²) < 4.78 is 2.09. The van der Waals surface area contributed by atoms with Gasteiger partial charge in [-0.25, -0.2) is 9.78 Å². The van der Waals surface area contributed by atoms with E-state index in [1.807, 2.05) is 30.7 Å². The predicted molar refractivity (Wildman–Crippen MR) is 98.4 cm³/mol. The molecule has 2 atom stereocenters. The van der Waals surface area contributed by atoms with Crippen molar-refractivity contribution in [3.8, 4) is 0 Å². The lowest BCUT2D eigenvalue weighted by Gasteiger charge is -2.35. The molecule has 0 saturated heterocycles. The molecule has 0 aliphatic heterocycles. The molecule has 1 aromatic carbocycles. The van der Waals surface area contributed by atoms with E-state index in [-0.39, 0.29) is 18.1 Å². The normalized spacial score (nSPS) is 18.8. The van der Waals surface area contributed by atoms with Gasteiger partial charge in [0.05, 0.1) is 18.4 Å². The minimum atomic E-state index is -0.180. The van der Waals surface area contributed by atoms with E-state index in [9.17, 15) is 4.79 Å². The van der Waals surface area contributed by atoms with Crippen LogP contribution in [0.2, 0.25) is 0 Å². The van der Waals surface area contributed by atoms with Crippen LogP contribution < -0.4 is 10.6 Å². The highest BCUT2D eigenvalue weighted by molar-refractivity contribution is 5.74. The number of carbonyl (C=O) groups is 1. The number of aromatic nitrogens is 3. The number of amides is 2. The van der Waals surface area contributed by atoms with Gasteiger partial charge in [0.25, 0.3) is 0 Å². The lowest BCUT2D eigenvalue weighted by atomic mass is 9.84. The molecule has 0 unspecified atom stereocenters. The number of benzene rings is 1. The molecule has 0 bridgehead atoms. The number of carbonyl (C=O) groups excluding carboxylic acids is 1. The molecule has 0 saturated carbocycles. The predicted octanol–water partition coefficient (Wildman–Crippen LogP) is 3.01. The first-order chi connectivity index (χ1) is 12.8. The highest BCUT2D eigenvalue weighted by Crippen LogP contribution is 2.37. The molecule has 0 fully saturated rings. The Kier molecular flexibility index (Phi) is 4.64. The lowest BCUT2D eigenvalue weighted by Crippen LogP contribution is -2.42. The lowest BCUT2D eigenvalue weighted by molar-refractivity contribution is 0.227. The summed E-state index contributed by atoms with van der Waals surface area (Å²) in [6, 6.07) is 12.0. The summed E-state index contributed by atoms with van der Waals surface area (Å²) in [6.45, 7) is 0.448. The Labute approximate surface area is 152 Å². The second-order valence-electron chi connectivity index (χ2n) is 6.48. The minimum absolute atomic E-state index is 0.0944. The number of rotatable bonds is 4. The Morgan fingerprint density at radius 1 is 1.15 bits per heavy atom. The standard InChI is InChI=1S/C20H21N5O/c26-20(23-13-15-4-3-9-21-12-15)24-19-17-6-2-1-5-16(17)7-8-18(19)25-11-10-22-14-25/h1-6,9-12,14,18-19H,7-8,13H2,(H2,23,24,26)/t18-,19+/m1/s1. The van der Waals surface area contributed by atoms with Gasteiger partial charge in [-0.1, -0.05) is 30.3 Å². The Morgan fingerprint density at radius 2 is 2.08 bits per heavy atom. The number of pyridine rings is 1. The van der Waals surface area contributed by atoms with E-state index in [0.29, 0.717) is 6.54 Å².